The summed E-state index contributed by atoms with van der Waals surface area (Å²) in [5.74, 6) is 0.933. The molecule has 0 spiro atoms. The van der Waals surface area contributed by atoms with Gasteiger partial charge in [-0.1, -0.05) is 96.2 Å². The molecule has 1 aliphatic rings. The fraction of sp³-hybridized carbons (Fsp3) is 0.208. The van der Waals surface area contributed by atoms with E-state index in [1.54, 1.807) is 11.8 Å². The molecule has 2 nitrogen and oxygen atoms in total. The topological polar surface area (TPSA) is 24.4 Å². The molecule has 0 bridgehead atoms. The van der Waals surface area contributed by atoms with Crippen LogP contribution in [0.15, 0.2) is 83.9 Å². The summed E-state index contributed by atoms with van der Waals surface area (Å²) in [4.78, 5) is 5.05. The van der Waals surface area contributed by atoms with Gasteiger partial charge in [0.1, 0.15) is 6.04 Å². The third-order valence-corrected chi connectivity index (χ3v) is 5.97. The van der Waals surface area contributed by atoms with Gasteiger partial charge in [-0.3, -0.25) is 4.99 Å². The van der Waals surface area contributed by atoms with Crippen LogP contribution in [-0.4, -0.2) is 5.17 Å². The lowest BCUT2D eigenvalue weighted by molar-refractivity contribution is 0.573. The highest BCUT2D eigenvalue weighted by Crippen LogP contribution is 2.38. The van der Waals surface area contributed by atoms with Crippen molar-refractivity contribution in [1.29, 1.82) is 0 Å². The predicted molar refractivity (Wildman–Crippen MR) is 116 cm³/mol. The van der Waals surface area contributed by atoms with Crippen LogP contribution < -0.4 is 5.32 Å². The van der Waals surface area contributed by atoms with E-state index in [0.717, 1.165) is 10.9 Å². The van der Waals surface area contributed by atoms with Crippen molar-refractivity contribution in [3.8, 4) is 0 Å². The number of hydrogen-bond acceptors (Lipinski definition) is 3. The summed E-state index contributed by atoms with van der Waals surface area (Å²) >= 11 is 1.80. The first-order valence-corrected chi connectivity index (χ1v) is 10.3. The second-order valence-electron chi connectivity index (χ2n) is 7.04. The van der Waals surface area contributed by atoms with Gasteiger partial charge in [0, 0.05) is 5.75 Å². The number of thioether (sulfide) groups is 1. The molecule has 2 unspecified atom stereocenters. The Morgan fingerprint density at radius 1 is 0.852 bits per heavy atom. The molecule has 1 aliphatic heterocycles. The fourth-order valence-corrected chi connectivity index (χ4v) is 4.48. The van der Waals surface area contributed by atoms with Crippen molar-refractivity contribution in [2.75, 3.05) is 0 Å². The van der Waals surface area contributed by atoms with Crippen molar-refractivity contribution in [3.63, 3.8) is 0 Å². The lowest BCUT2D eigenvalue weighted by Gasteiger charge is -2.19. The number of aryl methyl sites for hydroxylation is 2. The molecule has 4 rings (SSSR count). The Kier molecular flexibility index (Phi) is 5.30. The molecular weight excluding hydrogens is 348 g/mol. The van der Waals surface area contributed by atoms with E-state index in [2.05, 4.69) is 98.0 Å². The zero-order valence-electron chi connectivity index (χ0n) is 15.7. The summed E-state index contributed by atoms with van der Waals surface area (Å²) < 4.78 is 0. The number of hydrogen-bond donors (Lipinski definition) is 1. The SMILES string of the molecule is Cc1ccc(C)c(CSC2=NC(c3ccccc3)C(c3ccccc3)N2)c1. The Morgan fingerprint density at radius 2 is 1.52 bits per heavy atom. The molecule has 0 fully saturated rings. The van der Waals surface area contributed by atoms with Crippen LogP contribution in [0, 0.1) is 13.8 Å². The Balaban J connectivity index is 1.57. The summed E-state index contributed by atoms with van der Waals surface area (Å²) in [5.41, 5.74) is 6.55. The van der Waals surface area contributed by atoms with Crippen LogP contribution in [0.2, 0.25) is 0 Å². The van der Waals surface area contributed by atoms with Crippen molar-refractivity contribution >= 4 is 16.9 Å². The first-order chi connectivity index (χ1) is 13.2. The van der Waals surface area contributed by atoms with Gasteiger partial charge >= 0.3 is 0 Å². The van der Waals surface area contributed by atoms with Gasteiger partial charge in [0.05, 0.1) is 6.04 Å². The van der Waals surface area contributed by atoms with E-state index < -0.39 is 0 Å². The van der Waals surface area contributed by atoms with Gasteiger partial charge in [0.2, 0.25) is 0 Å². The molecule has 2 atom stereocenters. The van der Waals surface area contributed by atoms with E-state index in [1.807, 2.05) is 0 Å². The molecule has 3 heteroatoms. The number of amidine groups is 1. The highest BCUT2D eigenvalue weighted by Gasteiger charge is 2.31. The summed E-state index contributed by atoms with van der Waals surface area (Å²) in [7, 11) is 0. The minimum absolute atomic E-state index is 0.106. The Labute approximate surface area is 165 Å². The lowest BCUT2D eigenvalue weighted by atomic mass is 9.95. The molecule has 0 aliphatic carbocycles. The van der Waals surface area contributed by atoms with Crippen molar-refractivity contribution in [3.05, 3.63) is 107 Å². The van der Waals surface area contributed by atoms with Crippen LogP contribution in [0.25, 0.3) is 0 Å². The molecular formula is C24H24N2S. The molecule has 0 amide bonds. The van der Waals surface area contributed by atoms with E-state index in [-0.39, 0.29) is 12.1 Å². The second-order valence-corrected chi connectivity index (χ2v) is 8.01. The van der Waals surface area contributed by atoms with Crippen LogP contribution >= 0.6 is 11.8 Å². The average Bonchev–Trinajstić information content (AvgIpc) is 3.14. The van der Waals surface area contributed by atoms with Crippen LogP contribution in [-0.2, 0) is 5.75 Å². The monoisotopic (exact) mass is 372 g/mol. The van der Waals surface area contributed by atoms with Gasteiger partial charge in [-0.05, 0) is 36.1 Å². The zero-order valence-corrected chi connectivity index (χ0v) is 16.5. The van der Waals surface area contributed by atoms with Crippen LogP contribution in [0.1, 0.15) is 39.9 Å². The average molecular weight is 373 g/mol. The Hall–Kier alpha value is -2.52. The first-order valence-electron chi connectivity index (χ1n) is 9.34. The number of nitrogens with one attached hydrogen (secondary N) is 1. The Bertz CT molecular complexity index is 935. The van der Waals surface area contributed by atoms with Crippen molar-refractivity contribution < 1.29 is 0 Å². The summed E-state index contributed by atoms with van der Waals surface area (Å²) in [6.45, 7) is 4.33. The van der Waals surface area contributed by atoms with Crippen LogP contribution in [0.5, 0.6) is 0 Å². The normalized spacial score (nSPS) is 18.8. The summed E-state index contributed by atoms with van der Waals surface area (Å²) in [5, 5.41) is 4.70. The third-order valence-electron chi connectivity index (χ3n) is 5.02. The van der Waals surface area contributed by atoms with Gasteiger partial charge in [-0.25, -0.2) is 0 Å². The van der Waals surface area contributed by atoms with Gasteiger partial charge in [0.15, 0.2) is 5.17 Å². The molecule has 3 aromatic carbocycles. The molecule has 136 valence electrons. The lowest BCUT2D eigenvalue weighted by Crippen LogP contribution is -2.22. The highest BCUT2D eigenvalue weighted by molar-refractivity contribution is 8.13. The Morgan fingerprint density at radius 3 is 2.22 bits per heavy atom. The smallest absolute Gasteiger partial charge is 0.158 e. The van der Waals surface area contributed by atoms with Crippen molar-refractivity contribution in [2.24, 2.45) is 4.99 Å². The van der Waals surface area contributed by atoms with E-state index >= 15 is 0 Å². The summed E-state index contributed by atoms with van der Waals surface area (Å²) in [6, 6.07) is 28.1. The molecule has 0 saturated carbocycles. The molecule has 1 N–H and O–H groups in total. The van der Waals surface area contributed by atoms with Crippen molar-refractivity contribution in [2.45, 2.75) is 31.7 Å². The van der Waals surface area contributed by atoms with E-state index in [0.29, 0.717) is 0 Å². The maximum Gasteiger partial charge on any atom is 0.158 e. The van der Waals surface area contributed by atoms with E-state index in [4.69, 9.17) is 4.99 Å². The summed E-state index contributed by atoms with van der Waals surface area (Å²) in [6.07, 6.45) is 0. The standard InChI is InChI=1S/C24H24N2S/c1-17-13-14-18(2)21(15-17)16-27-24-25-22(19-9-5-3-6-10-19)23(26-24)20-11-7-4-8-12-20/h3-15,22-23H,16H2,1-2H3,(H,25,26). The molecule has 27 heavy (non-hydrogen) atoms. The van der Waals surface area contributed by atoms with Gasteiger partial charge in [-0.15, -0.1) is 0 Å². The zero-order chi connectivity index (χ0) is 18.6. The molecule has 0 aromatic heterocycles. The van der Waals surface area contributed by atoms with Crippen LogP contribution in [0.3, 0.4) is 0 Å². The molecule has 0 radical (unpaired) electrons. The molecule has 0 saturated heterocycles. The minimum Gasteiger partial charge on any atom is -0.356 e. The van der Waals surface area contributed by atoms with Gasteiger partial charge in [-0.2, -0.15) is 0 Å². The van der Waals surface area contributed by atoms with Crippen LogP contribution in [0.4, 0.5) is 0 Å². The number of aliphatic imine (C=N–C) groups is 1. The third kappa shape index (κ3) is 4.09. The maximum atomic E-state index is 5.05. The molecule has 1 heterocycles. The van der Waals surface area contributed by atoms with E-state index in [9.17, 15) is 0 Å². The predicted octanol–water partition coefficient (Wildman–Crippen LogP) is 5.98. The van der Waals surface area contributed by atoms with Gasteiger partial charge < -0.3 is 5.32 Å². The highest BCUT2D eigenvalue weighted by atomic mass is 32.2. The minimum atomic E-state index is 0.106. The largest absolute Gasteiger partial charge is 0.356 e. The van der Waals surface area contributed by atoms with Gasteiger partial charge in [0.25, 0.3) is 0 Å². The second kappa shape index (κ2) is 8.01. The van der Waals surface area contributed by atoms with E-state index in [1.165, 1.54) is 27.8 Å². The maximum absolute atomic E-state index is 5.05. The number of benzene rings is 3. The number of rotatable bonds is 4. The first kappa shape index (κ1) is 17.9. The molecule has 3 aromatic rings. The number of nitrogens with zero attached hydrogens (tertiary/aromatic N) is 1. The van der Waals surface area contributed by atoms with Crippen molar-refractivity contribution in [1.82, 2.24) is 5.32 Å². The fourth-order valence-electron chi connectivity index (χ4n) is 3.47. The quantitative estimate of drug-likeness (QED) is 0.609.